The van der Waals surface area contributed by atoms with E-state index in [1.807, 2.05) is 6.07 Å². The van der Waals surface area contributed by atoms with Crippen molar-refractivity contribution in [3.8, 4) is 0 Å². The van der Waals surface area contributed by atoms with Crippen LogP contribution in [-0.2, 0) is 20.8 Å². The highest BCUT2D eigenvalue weighted by atomic mass is 16.5. The zero-order valence-corrected chi connectivity index (χ0v) is 13.0. The summed E-state index contributed by atoms with van der Waals surface area (Å²) in [7, 11) is 1.64. The molecule has 0 bridgehead atoms. The molecule has 3 heterocycles. The van der Waals surface area contributed by atoms with Gasteiger partial charge in [0.05, 0.1) is 30.7 Å². The SMILES string of the molecule is COCCNC(=O)[C@]12CCO[C@H]1CCN(Cc1ccoc1)C2. The van der Waals surface area contributed by atoms with Crippen molar-refractivity contribution in [2.24, 2.45) is 5.41 Å². The molecule has 0 saturated carbocycles. The zero-order valence-electron chi connectivity index (χ0n) is 13.0. The molecule has 0 aliphatic carbocycles. The number of hydrogen-bond acceptors (Lipinski definition) is 5. The molecule has 6 heteroatoms. The molecular formula is C16H24N2O4. The van der Waals surface area contributed by atoms with E-state index in [0.29, 0.717) is 19.8 Å². The third-order valence-electron chi connectivity index (χ3n) is 4.73. The minimum Gasteiger partial charge on any atom is -0.472 e. The van der Waals surface area contributed by atoms with E-state index in [1.54, 1.807) is 19.6 Å². The number of amides is 1. The van der Waals surface area contributed by atoms with E-state index < -0.39 is 5.41 Å². The van der Waals surface area contributed by atoms with Crippen molar-refractivity contribution >= 4 is 5.91 Å². The molecular weight excluding hydrogens is 284 g/mol. The molecule has 122 valence electrons. The highest BCUT2D eigenvalue weighted by Gasteiger charge is 2.52. The highest BCUT2D eigenvalue weighted by molar-refractivity contribution is 5.84. The normalized spacial score (nSPS) is 28.5. The summed E-state index contributed by atoms with van der Waals surface area (Å²) < 4.78 is 16.0. The van der Waals surface area contributed by atoms with Crippen LogP contribution >= 0.6 is 0 Å². The first-order valence-corrected chi connectivity index (χ1v) is 7.87. The Labute approximate surface area is 130 Å². The zero-order chi connectivity index (χ0) is 15.4. The van der Waals surface area contributed by atoms with Gasteiger partial charge in [0.1, 0.15) is 0 Å². The minimum atomic E-state index is -0.421. The van der Waals surface area contributed by atoms with Crippen LogP contribution < -0.4 is 5.32 Å². The van der Waals surface area contributed by atoms with E-state index in [1.165, 1.54) is 0 Å². The van der Waals surface area contributed by atoms with Crippen molar-refractivity contribution < 1.29 is 18.7 Å². The molecule has 2 aliphatic rings. The van der Waals surface area contributed by atoms with Crippen LogP contribution in [0.15, 0.2) is 23.0 Å². The lowest BCUT2D eigenvalue weighted by Crippen LogP contribution is -2.57. The Balaban J connectivity index is 1.67. The Morgan fingerprint density at radius 2 is 2.50 bits per heavy atom. The van der Waals surface area contributed by atoms with Gasteiger partial charge in [-0.15, -0.1) is 0 Å². The smallest absolute Gasteiger partial charge is 0.230 e. The molecule has 1 aromatic rings. The Bertz CT molecular complexity index is 490. The molecule has 1 aromatic heterocycles. The van der Waals surface area contributed by atoms with Gasteiger partial charge < -0.3 is 19.2 Å². The number of nitrogens with zero attached hydrogens (tertiary/aromatic N) is 1. The molecule has 2 aliphatic heterocycles. The van der Waals surface area contributed by atoms with E-state index in [4.69, 9.17) is 13.9 Å². The molecule has 1 amide bonds. The average Bonchev–Trinajstić information content (AvgIpc) is 3.16. The van der Waals surface area contributed by atoms with Gasteiger partial charge in [0.2, 0.25) is 5.91 Å². The third-order valence-corrected chi connectivity index (χ3v) is 4.73. The summed E-state index contributed by atoms with van der Waals surface area (Å²) in [6.45, 7) is 4.25. The number of methoxy groups -OCH3 is 1. The van der Waals surface area contributed by atoms with Crippen LogP contribution in [0.2, 0.25) is 0 Å². The van der Waals surface area contributed by atoms with E-state index in [0.717, 1.165) is 38.0 Å². The number of ether oxygens (including phenoxy) is 2. The van der Waals surface area contributed by atoms with Gasteiger partial charge >= 0.3 is 0 Å². The number of nitrogens with one attached hydrogen (secondary N) is 1. The molecule has 1 N–H and O–H groups in total. The van der Waals surface area contributed by atoms with Crippen LogP contribution in [-0.4, -0.2) is 56.9 Å². The lowest BCUT2D eigenvalue weighted by Gasteiger charge is -2.42. The van der Waals surface area contributed by atoms with Crippen LogP contribution in [0.4, 0.5) is 0 Å². The van der Waals surface area contributed by atoms with Crippen LogP contribution in [0, 0.1) is 5.41 Å². The van der Waals surface area contributed by atoms with E-state index in [2.05, 4.69) is 10.2 Å². The fourth-order valence-electron chi connectivity index (χ4n) is 3.57. The van der Waals surface area contributed by atoms with Gasteiger partial charge in [-0.25, -0.2) is 0 Å². The number of likely N-dealkylation sites (tertiary alicyclic amines) is 1. The van der Waals surface area contributed by atoms with Crippen molar-refractivity contribution in [2.45, 2.75) is 25.5 Å². The summed E-state index contributed by atoms with van der Waals surface area (Å²) in [5, 5.41) is 3.01. The van der Waals surface area contributed by atoms with Gasteiger partial charge in [0.15, 0.2) is 0 Å². The third kappa shape index (κ3) is 3.04. The van der Waals surface area contributed by atoms with Gasteiger partial charge in [-0.3, -0.25) is 9.69 Å². The Kier molecular flexibility index (Phi) is 4.81. The topological polar surface area (TPSA) is 63.9 Å². The summed E-state index contributed by atoms with van der Waals surface area (Å²) in [6.07, 6.45) is 5.18. The Morgan fingerprint density at radius 1 is 1.59 bits per heavy atom. The predicted octanol–water partition coefficient (Wildman–Crippen LogP) is 1.02. The van der Waals surface area contributed by atoms with Gasteiger partial charge in [0, 0.05) is 45.5 Å². The van der Waals surface area contributed by atoms with E-state index >= 15 is 0 Å². The summed E-state index contributed by atoms with van der Waals surface area (Å²) in [5.74, 6) is 0.101. The Morgan fingerprint density at radius 3 is 3.27 bits per heavy atom. The Hall–Kier alpha value is -1.37. The second-order valence-corrected chi connectivity index (χ2v) is 6.15. The van der Waals surface area contributed by atoms with E-state index in [-0.39, 0.29) is 12.0 Å². The predicted molar refractivity (Wildman–Crippen MR) is 80.3 cm³/mol. The molecule has 0 spiro atoms. The molecule has 0 unspecified atom stereocenters. The molecule has 22 heavy (non-hydrogen) atoms. The summed E-state index contributed by atoms with van der Waals surface area (Å²) in [5.41, 5.74) is 0.725. The lowest BCUT2D eigenvalue weighted by molar-refractivity contribution is -0.139. The summed E-state index contributed by atoms with van der Waals surface area (Å²) >= 11 is 0. The van der Waals surface area contributed by atoms with Crippen LogP contribution in [0.1, 0.15) is 18.4 Å². The quantitative estimate of drug-likeness (QED) is 0.795. The number of furan rings is 1. The standard InChI is InChI=1S/C16H24N2O4/c1-20-9-5-17-15(19)16-4-8-22-14(16)2-6-18(12-16)10-13-3-7-21-11-13/h3,7,11,14H,2,4-6,8-10,12H2,1H3,(H,17,19)/t14-,16-/m0/s1. The van der Waals surface area contributed by atoms with Crippen molar-refractivity contribution in [1.29, 1.82) is 0 Å². The van der Waals surface area contributed by atoms with Crippen LogP contribution in [0.3, 0.4) is 0 Å². The second-order valence-electron chi connectivity index (χ2n) is 6.15. The second kappa shape index (κ2) is 6.81. The number of piperidine rings is 1. The van der Waals surface area contributed by atoms with E-state index in [9.17, 15) is 4.79 Å². The first-order chi connectivity index (χ1) is 10.7. The number of fused-ring (bicyclic) bond motifs is 1. The molecule has 0 aromatic carbocycles. The molecule has 3 rings (SSSR count). The molecule has 0 radical (unpaired) electrons. The summed E-state index contributed by atoms with van der Waals surface area (Å²) in [6, 6.07) is 1.97. The highest BCUT2D eigenvalue weighted by Crippen LogP contribution is 2.41. The van der Waals surface area contributed by atoms with Crippen molar-refractivity contribution in [3.05, 3.63) is 24.2 Å². The van der Waals surface area contributed by atoms with Crippen molar-refractivity contribution in [2.75, 3.05) is 40.0 Å². The van der Waals surface area contributed by atoms with Crippen LogP contribution in [0.25, 0.3) is 0 Å². The maximum Gasteiger partial charge on any atom is 0.230 e. The van der Waals surface area contributed by atoms with Gasteiger partial charge in [-0.1, -0.05) is 0 Å². The molecule has 6 nitrogen and oxygen atoms in total. The minimum absolute atomic E-state index is 0.0376. The monoisotopic (exact) mass is 308 g/mol. The first kappa shape index (κ1) is 15.5. The fraction of sp³-hybridized carbons (Fsp3) is 0.688. The molecule has 2 fully saturated rings. The van der Waals surface area contributed by atoms with Gasteiger partial charge in [0.25, 0.3) is 0 Å². The molecule has 2 atom stereocenters. The average molecular weight is 308 g/mol. The van der Waals surface area contributed by atoms with Crippen molar-refractivity contribution in [1.82, 2.24) is 10.2 Å². The largest absolute Gasteiger partial charge is 0.472 e. The maximum atomic E-state index is 12.7. The number of hydrogen-bond donors (Lipinski definition) is 1. The first-order valence-electron chi connectivity index (χ1n) is 7.87. The van der Waals surface area contributed by atoms with Gasteiger partial charge in [-0.05, 0) is 18.9 Å². The number of rotatable bonds is 6. The van der Waals surface area contributed by atoms with Gasteiger partial charge in [-0.2, -0.15) is 0 Å². The fourth-order valence-corrected chi connectivity index (χ4v) is 3.57. The number of carbonyl (C=O) groups excluding carboxylic acids is 1. The van der Waals surface area contributed by atoms with Crippen LogP contribution in [0.5, 0.6) is 0 Å². The van der Waals surface area contributed by atoms with Crippen molar-refractivity contribution in [3.63, 3.8) is 0 Å². The number of carbonyl (C=O) groups is 1. The maximum absolute atomic E-state index is 12.7. The summed E-state index contributed by atoms with van der Waals surface area (Å²) in [4.78, 5) is 15.1. The lowest BCUT2D eigenvalue weighted by atomic mass is 9.75. The molecule has 2 saturated heterocycles.